The summed E-state index contributed by atoms with van der Waals surface area (Å²) in [6.45, 7) is 4.19. The highest BCUT2D eigenvalue weighted by Crippen LogP contribution is 2.23. The van der Waals surface area contributed by atoms with Gasteiger partial charge >= 0.3 is 0 Å². The summed E-state index contributed by atoms with van der Waals surface area (Å²) >= 11 is 1.57. The molecule has 0 aliphatic carbocycles. The average molecular weight is 362 g/mol. The van der Waals surface area contributed by atoms with Crippen LogP contribution in [0.1, 0.15) is 22.3 Å². The summed E-state index contributed by atoms with van der Waals surface area (Å²) in [5.74, 6) is 0.427. The lowest BCUT2D eigenvalue weighted by molar-refractivity contribution is -0.113. The monoisotopic (exact) mass is 361 g/mol. The summed E-state index contributed by atoms with van der Waals surface area (Å²) in [6.07, 6.45) is 0.807. The average Bonchev–Trinajstić information content (AvgIpc) is 2.65. The molecule has 3 rings (SSSR count). The Bertz CT molecular complexity index is 890. The largest absolute Gasteiger partial charge is 0.325 e. The van der Waals surface area contributed by atoms with Crippen LogP contribution in [0.25, 0.3) is 0 Å². The van der Waals surface area contributed by atoms with Gasteiger partial charge in [-0.25, -0.2) is 0 Å². The van der Waals surface area contributed by atoms with Crippen LogP contribution in [-0.2, 0) is 11.2 Å². The van der Waals surface area contributed by atoms with Crippen molar-refractivity contribution in [1.29, 1.82) is 0 Å². The molecule has 1 amide bonds. The number of nitrogens with one attached hydrogen (secondary N) is 1. The predicted octanol–water partition coefficient (Wildman–Crippen LogP) is 5.63. The minimum Gasteiger partial charge on any atom is -0.325 e. The Morgan fingerprint density at radius 1 is 0.885 bits per heavy atom. The van der Waals surface area contributed by atoms with E-state index in [1.54, 1.807) is 11.8 Å². The molecule has 0 saturated heterocycles. The second-order valence-electron chi connectivity index (χ2n) is 6.40. The fraction of sp³-hybridized carbons (Fsp3) is 0.174. The van der Waals surface area contributed by atoms with Crippen molar-refractivity contribution in [2.24, 2.45) is 0 Å². The normalized spacial score (nSPS) is 10.5. The molecule has 1 N–H and O–H groups in total. The van der Waals surface area contributed by atoms with Crippen molar-refractivity contribution in [1.82, 2.24) is 0 Å². The zero-order valence-electron chi connectivity index (χ0n) is 15.2. The van der Waals surface area contributed by atoms with Crippen LogP contribution in [0.15, 0.2) is 77.7 Å². The lowest BCUT2D eigenvalue weighted by Crippen LogP contribution is -2.15. The summed E-state index contributed by atoms with van der Waals surface area (Å²) in [6, 6.07) is 24.6. The number of carbonyl (C=O) groups excluding carboxylic acids is 1. The van der Waals surface area contributed by atoms with E-state index in [0.29, 0.717) is 5.75 Å². The molecule has 0 radical (unpaired) electrons. The van der Waals surface area contributed by atoms with E-state index in [2.05, 4.69) is 55.6 Å². The van der Waals surface area contributed by atoms with E-state index in [9.17, 15) is 4.79 Å². The van der Waals surface area contributed by atoms with Crippen molar-refractivity contribution in [2.45, 2.75) is 25.2 Å². The van der Waals surface area contributed by atoms with E-state index >= 15 is 0 Å². The van der Waals surface area contributed by atoms with Crippen LogP contribution < -0.4 is 5.32 Å². The maximum absolute atomic E-state index is 12.4. The van der Waals surface area contributed by atoms with Gasteiger partial charge in [0, 0.05) is 10.6 Å². The first-order chi connectivity index (χ1) is 12.6. The Labute approximate surface area is 159 Å². The van der Waals surface area contributed by atoms with Gasteiger partial charge in [-0.05, 0) is 60.7 Å². The van der Waals surface area contributed by atoms with Gasteiger partial charge in [0.05, 0.1) is 5.75 Å². The third-order valence-corrected chi connectivity index (χ3v) is 5.37. The summed E-state index contributed by atoms with van der Waals surface area (Å²) in [5, 5.41) is 3.07. The first kappa shape index (κ1) is 18.3. The molecular weight excluding hydrogens is 338 g/mol. The molecular formula is C23H23NOS. The van der Waals surface area contributed by atoms with Crippen molar-refractivity contribution in [3.8, 4) is 0 Å². The van der Waals surface area contributed by atoms with Crippen LogP contribution in [-0.4, -0.2) is 11.7 Å². The fourth-order valence-corrected chi connectivity index (χ4v) is 3.55. The van der Waals surface area contributed by atoms with Crippen LogP contribution in [0.2, 0.25) is 0 Å². The molecule has 3 aromatic rings. The van der Waals surface area contributed by atoms with Gasteiger partial charge < -0.3 is 5.32 Å². The minimum atomic E-state index is 0.0220. The summed E-state index contributed by atoms with van der Waals surface area (Å²) < 4.78 is 0. The molecule has 132 valence electrons. The molecule has 3 heteroatoms. The number of rotatable bonds is 6. The maximum atomic E-state index is 12.4. The van der Waals surface area contributed by atoms with Gasteiger partial charge in [-0.3, -0.25) is 4.79 Å². The van der Waals surface area contributed by atoms with Crippen LogP contribution in [0, 0.1) is 13.8 Å². The van der Waals surface area contributed by atoms with E-state index in [-0.39, 0.29) is 5.91 Å². The molecule has 26 heavy (non-hydrogen) atoms. The standard InChI is InChI=1S/C23H23NOS/c1-17-12-13-21(14-18(17)2)26-16-23(25)24-22-11-7-6-10-20(22)15-19-8-4-3-5-9-19/h3-14H,15-16H2,1-2H3,(H,24,25). The van der Waals surface area contributed by atoms with Crippen molar-refractivity contribution >= 4 is 23.4 Å². The highest BCUT2D eigenvalue weighted by atomic mass is 32.2. The predicted molar refractivity (Wildman–Crippen MR) is 111 cm³/mol. The van der Waals surface area contributed by atoms with Gasteiger partial charge in [-0.1, -0.05) is 54.6 Å². The van der Waals surface area contributed by atoms with Crippen LogP contribution in [0.3, 0.4) is 0 Å². The Morgan fingerprint density at radius 3 is 2.38 bits per heavy atom. The van der Waals surface area contributed by atoms with E-state index in [1.807, 2.05) is 36.4 Å². The third-order valence-electron chi connectivity index (χ3n) is 4.38. The van der Waals surface area contributed by atoms with Crippen LogP contribution >= 0.6 is 11.8 Å². The topological polar surface area (TPSA) is 29.1 Å². The van der Waals surface area contributed by atoms with Crippen LogP contribution in [0.5, 0.6) is 0 Å². The molecule has 0 bridgehead atoms. The molecule has 0 aliphatic heterocycles. The van der Waals surface area contributed by atoms with E-state index in [1.165, 1.54) is 16.7 Å². The minimum absolute atomic E-state index is 0.0220. The summed E-state index contributed by atoms with van der Waals surface area (Å²) in [7, 11) is 0. The highest BCUT2D eigenvalue weighted by Gasteiger charge is 2.08. The number of carbonyl (C=O) groups is 1. The zero-order chi connectivity index (χ0) is 18.4. The van der Waals surface area contributed by atoms with Crippen molar-refractivity contribution in [3.05, 3.63) is 95.1 Å². The number of amides is 1. The third kappa shape index (κ3) is 4.99. The quantitative estimate of drug-likeness (QED) is 0.577. The van der Waals surface area contributed by atoms with Crippen molar-refractivity contribution in [2.75, 3.05) is 11.1 Å². The molecule has 0 saturated carbocycles. The lowest BCUT2D eigenvalue weighted by atomic mass is 10.0. The van der Waals surface area contributed by atoms with E-state index < -0.39 is 0 Å². The number of anilines is 1. The first-order valence-corrected chi connectivity index (χ1v) is 9.72. The number of para-hydroxylation sites is 1. The number of benzene rings is 3. The Kier molecular flexibility index (Phi) is 6.13. The lowest BCUT2D eigenvalue weighted by Gasteiger charge is -2.11. The number of aryl methyl sites for hydroxylation is 2. The summed E-state index contributed by atoms with van der Waals surface area (Å²) in [4.78, 5) is 13.5. The Morgan fingerprint density at radius 2 is 1.62 bits per heavy atom. The Hall–Kier alpha value is -2.52. The van der Waals surface area contributed by atoms with Gasteiger partial charge in [0.2, 0.25) is 5.91 Å². The summed E-state index contributed by atoms with van der Waals surface area (Å²) in [5.41, 5.74) is 5.78. The zero-order valence-corrected chi connectivity index (χ0v) is 16.0. The first-order valence-electron chi connectivity index (χ1n) is 8.73. The molecule has 0 spiro atoms. The molecule has 3 aromatic carbocycles. The number of hydrogen-bond acceptors (Lipinski definition) is 2. The molecule has 2 nitrogen and oxygen atoms in total. The van der Waals surface area contributed by atoms with Gasteiger partial charge in [0.15, 0.2) is 0 Å². The highest BCUT2D eigenvalue weighted by molar-refractivity contribution is 8.00. The van der Waals surface area contributed by atoms with Gasteiger partial charge in [0.1, 0.15) is 0 Å². The molecule has 0 heterocycles. The van der Waals surface area contributed by atoms with E-state index in [4.69, 9.17) is 0 Å². The van der Waals surface area contributed by atoms with Crippen molar-refractivity contribution in [3.63, 3.8) is 0 Å². The molecule has 0 aromatic heterocycles. The van der Waals surface area contributed by atoms with Crippen molar-refractivity contribution < 1.29 is 4.79 Å². The van der Waals surface area contributed by atoms with E-state index in [0.717, 1.165) is 22.6 Å². The SMILES string of the molecule is Cc1ccc(SCC(=O)Nc2ccccc2Cc2ccccc2)cc1C. The van der Waals surface area contributed by atoms with Crippen LogP contribution in [0.4, 0.5) is 5.69 Å². The smallest absolute Gasteiger partial charge is 0.234 e. The number of hydrogen-bond donors (Lipinski definition) is 1. The molecule has 0 unspecified atom stereocenters. The molecule has 0 fully saturated rings. The van der Waals surface area contributed by atoms with Gasteiger partial charge in [0.25, 0.3) is 0 Å². The molecule has 0 aliphatic rings. The fourth-order valence-electron chi connectivity index (χ4n) is 2.75. The maximum Gasteiger partial charge on any atom is 0.234 e. The second-order valence-corrected chi connectivity index (χ2v) is 7.45. The number of thioether (sulfide) groups is 1. The second kappa shape index (κ2) is 8.72. The van der Waals surface area contributed by atoms with Gasteiger partial charge in [-0.2, -0.15) is 0 Å². The van der Waals surface area contributed by atoms with Gasteiger partial charge in [-0.15, -0.1) is 11.8 Å². The Balaban J connectivity index is 1.63. The molecule has 0 atom stereocenters.